The summed E-state index contributed by atoms with van der Waals surface area (Å²) in [5.74, 6) is 0.699. The van der Waals surface area contributed by atoms with Crippen LogP contribution in [0.25, 0.3) is 0 Å². The maximum absolute atomic E-state index is 12.8. The number of rotatable bonds is 8. The molecule has 1 N–H and O–H groups in total. The molecule has 0 bridgehead atoms. The fraction of sp³-hybridized carbons (Fsp3) is 0.429. The first-order valence-electron chi connectivity index (χ1n) is 10.2. The molecule has 0 atom stereocenters. The minimum atomic E-state index is -3.36. The second kappa shape index (κ2) is 10.5. The molecule has 2 aromatic rings. The number of pyridine rings is 1. The zero-order valence-electron chi connectivity index (χ0n) is 17.4. The van der Waals surface area contributed by atoms with Gasteiger partial charge in [0.1, 0.15) is 5.82 Å². The van der Waals surface area contributed by atoms with E-state index in [0.29, 0.717) is 53.9 Å². The first kappa shape index (κ1) is 23.6. The fourth-order valence-corrected chi connectivity index (χ4v) is 4.91. The minimum Gasteiger partial charge on any atom is -0.353 e. The van der Waals surface area contributed by atoms with E-state index in [1.54, 1.807) is 35.2 Å². The van der Waals surface area contributed by atoms with Gasteiger partial charge in [-0.2, -0.15) is 0 Å². The number of piperazine rings is 1. The molecule has 0 aliphatic carbocycles. The van der Waals surface area contributed by atoms with Gasteiger partial charge < -0.3 is 9.80 Å². The lowest BCUT2D eigenvalue weighted by molar-refractivity contribution is 0.0746. The van der Waals surface area contributed by atoms with Crippen molar-refractivity contribution in [1.82, 2.24) is 9.88 Å². The number of halogens is 2. The van der Waals surface area contributed by atoms with E-state index < -0.39 is 10.0 Å². The van der Waals surface area contributed by atoms with Crippen molar-refractivity contribution >= 4 is 50.6 Å². The summed E-state index contributed by atoms with van der Waals surface area (Å²) in [5.41, 5.74) is 0.848. The van der Waals surface area contributed by atoms with E-state index in [1.807, 2.05) is 6.92 Å². The Balaban J connectivity index is 1.56. The molecule has 10 heteroatoms. The third-order valence-corrected chi connectivity index (χ3v) is 7.03. The summed E-state index contributed by atoms with van der Waals surface area (Å²) < 4.78 is 26.8. The molecule has 2 heterocycles. The SMILES string of the molecule is CCCCCS(=O)(=O)Nc1ccc(N2CCN(C(=O)c3cc(Cl)ccc3Cl)CC2)nc1. The number of nitrogens with one attached hydrogen (secondary N) is 1. The average molecular weight is 485 g/mol. The van der Waals surface area contributed by atoms with Crippen molar-refractivity contribution in [3.8, 4) is 0 Å². The van der Waals surface area contributed by atoms with Crippen molar-refractivity contribution in [2.75, 3.05) is 41.6 Å². The molecule has 1 aromatic heterocycles. The number of carbonyl (C=O) groups is 1. The zero-order chi connectivity index (χ0) is 22.4. The highest BCUT2D eigenvalue weighted by Gasteiger charge is 2.24. The Labute approximate surface area is 193 Å². The quantitative estimate of drug-likeness (QED) is 0.565. The summed E-state index contributed by atoms with van der Waals surface area (Å²) in [6, 6.07) is 8.36. The molecule has 0 radical (unpaired) electrons. The number of benzene rings is 1. The highest BCUT2D eigenvalue weighted by Crippen LogP contribution is 2.23. The van der Waals surface area contributed by atoms with Crippen LogP contribution in [0.2, 0.25) is 10.0 Å². The van der Waals surface area contributed by atoms with Crippen LogP contribution in [0.15, 0.2) is 36.5 Å². The van der Waals surface area contributed by atoms with E-state index in [9.17, 15) is 13.2 Å². The van der Waals surface area contributed by atoms with Crippen molar-refractivity contribution in [2.45, 2.75) is 26.2 Å². The Morgan fingerprint density at radius 3 is 2.48 bits per heavy atom. The molecule has 1 aliphatic rings. The summed E-state index contributed by atoms with van der Waals surface area (Å²) in [4.78, 5) is 21.0. The van der Waals surface area contributed by atoms with Crippen LogP contribution in [0, 0.1) is 0 Å². The van der Waals surface area contributed by atoms with Gasteiger partial charge in [0.05, 0.1) is 28.2 Å². The molecule has 3 rings (SSSR count). The standard InChI is InChI=1S/C21H26Cl2N4O3S/c1-2-3-4-13-31(29,30)25-17-6-8-20(24-15-17)26-9-11-27(12-10-26)21(28)18-14-16(22)5-7-19(18)23/h5-8,14-15,25H,2-4,9-13H2,1H3. The second-order valence-electron chi connectivity index (χ2n) is 7.44. The maximum Gasteiger partial charge on any atom is 0.255 e. The fourth-order valence-electron chi connectivity index (χ4n) is 3.38. The van der Waals surface area contributed by atoms with Crippen LogP contribution in [0.5, 0.6) is 0 Å². The molecular weight excluding hydrogens is 459 g/mol. The molecule has 1 amide bonds. The summed E-state index contributed by atoms with van der Waals surface area (Å²) in [5, 5.41) is 0.850. The van der Waals surface area contributed by atoms with E-state index in [0.717, 1.165) is 18.7 Å². The molecule has 1 aliphatic heterocycles. The third-order valence-electron chi connectivity index (χ3n) is 5.09. The molecule has 0 saturated carbocycles. The number of hydrogen-bond donors (Lipinski definition) is 1. The number of amides is 1. The average Bonchev–Trinajstić information content (AvgIpc) is 2.75. The van der Waals surface area contributed by atoms with Gasteiger partial charge in [0.2, 0.25) is 10.0 Å². The van der Waals surface area contributed by atoms with Gasteiger partial charge in [-0.25, -0.2) is 13.4 Å². The van der Waals surface area contributed by atoms with Crippen LogP contribution in [0.1, 0.15) is 36.5 Å². The van der Waals surface area contributed by atoms with Crippen LogP contribution >= 0.6 is 23.2 Å². The van der Waals surface area contributed by atoms with Crippen molar-refractivity contribution in [3.05, 3.63) is 52.1 Å². The van der Waals surface area contributed by atoms with Crippen LogP contribution in [-0.4, -0.2) is 56.1 Å². The number of anilines is 2. The van der Waals surface area contributed by atoms with Crippen molar-refractivity contribution in [2.24, 2.45) is 0 Å². The van der Waals surface area contributed by atoms with Gasteiger partial charge >= 0.3 is 0 Å². The molecule has 1 aromatic carbocycles. The molecule has 0 unspecified atom stereocenters. The van der Waals surface area contributed by atoms with Gasteiger partial charge in [-0.15, -0.1) is 0 Å². The van der Waals surface area contributed by atoms with Crippen LogP contribution in [-0.2, 0) is 10.0 Å². The summed E-state index contributed by atoms with van der Waals surface area (Å²) >= 11 is 12.2. The molecule has 31 heavy (non-hydrogen) atoms. The van der Waals surface area contributed by atoms with E-state index in [4.69, 9.17) is 23.2 Å². The Morgan fingerprint density at radius 1 is 1.10 bits per heavy atom. The molecule has 0 spiro atoms. The lowest BCUT2D eigenvalue weighted by Crippen LogP contribution is -2.49. The number of nitrogens with zero attached hydrogens (tertiary/aromatic N) is 3. The van der Waals surface area contributed by atoms with Crippen molar-refractivity contribution < 1.29 is 13.2 Å². The molecular formula is C21H26Cl2N4O3S. The third kappa shape index (κ3) is 6.48. The van der Waals surface area contributed by atoms with E-state index in [2.05, 4.69) is 14.6 Å². The van der Waals surface area contributed by atoms with Crippen molar-refractivity contribution in [3.63, 3.8) is 0 Å². The number of unbranched alkanes of at least 4 members (excludes halogenated alkanes) is 2. The van der Waals surface area contributed by atoms with Crippen LogP contribution in [0.3, 0.4) is 0 Å². The van der Waals surface area contributed by atoms with Gasteiger partial charge in [0.15, 0.2) is 0 Å². The normalized spacial score (nSPS) is 14.5. The molecule has 1 saturated heterocycles. The van der Waals surface area contributed by atoms with Crippen molar-refractivity contribution in [1.29, 1.82) is 0 Å². The number of aromatic nitrogens is 1. The second-order valence-corrected chi connectivity index (χ2v) is 10.1. The Morgan fingerprint density at radius 2 is 1.84 bits per heavy atom. The largest absolute Gasteiger partial charge is 0.353 e. The van der Waals surface area contributed by atoms with Crippen LogP contribution < -0.4 is 9.62 Å². The van der Waals surface area contributed by atoms with E-state index in [-0.39, 0.29) is 11.7 Å². The predicted octanol–water partition coefficient (Wildman–Crippen LogP) is 4.28. The van der Waals surface area contributed by atoms with Gasteiger partial charge in [-0.1, -0.05) is 43.0 Å². The first-order chi connectivity index (χ1) is 14.8. The Bertz CT molecular complexity index is 1010. The predicted molar refractivity (Wildman–Crippen MR) is 126 cm³/mol. The minimum absolute atomic E-state index is 0.106. The monoisotopic (exact) mass is 484 g/mol. The van der Waals surface area contributed by atoms with Gasteiger partial charge in [0, 0.05) is 31.2 Å². The number of carbonyl (C=O) groups excluding carboxylic acids is 1. The molecule has 7 nitrogen and oxygen atoms in total. The van der Waals surface area contributed by atoms with E-state index >= 15 is 0 Å². The van der Waals surface area contributed by atoms with Gasteiger partial charge in [-0.3, -0.25) is 9.52 Å². The lowest BCUT2D eigenvalue weighted by atomic mass is 10.1. The summed E-state index contributed by atoms with van der Waals surface area (Å²) in [6.07, 6.45) is 4.02. The number of sulfonamides is 1. The van der Waals surface area contributed by atoms with Gasteiger partial charge in [0.25, 0.3) is 5.91 Å². The smallest absolute Gasteiger partial charge is 0.255 e. The summed E-state index contributed by atoms with van der Waals surface area (Å²) in [7, 11) is -3.36. The number of hydrogen-bond acceptors (Lipinski definition) is 5. The highest BCUT2D eigenvalue weighted by atomic mass is 35.5. The highest BCUT2D eigenvalue weighted by molar-refractivity contribution is 7.92. The lowest BCUT2D eigenvalue weighted by Gasteiger charge is -2.35. The summed E-state index contributed by atoms with van der Waals surface area (Å²) in [6.45, 7) is 4.30. The Kier molecular flexibility index (Phi) is 8.02. The maximum atomic E-state index is 12.8. The molecule has 1 fully saturated rings. The topological polar surface area (TPSA) is 82.6 Å². The van der Waals surface area contributed by atoms with Crippen LogP contribution in [0.4, 0.5) is 11.5 Å². The first-order valence-corrected chi connectivity index (χ1v) is 12.7. The van der Waals surface area contributed by atoms with Gasteiger partial charge in [-0.05, 0) is 36.8 Å². The zero-order valence-corrected chi connectivity index (χ0v) is 19.7. The van der Waals surface area contributed by atoms with E-state index in [1.165, 1.54) is 6.20 Å². The Hall–Kier alpha value is -2.03. The molecule has 168 valence electrons.